The normalized spacial score (nSPS) is 19.0. The Morgan fingerprint density at radius 2 is 1.42 bits per heavy atom. The molecule has 2 aliphatic carbocycles. The van der Waals surface area contributed by atoms with Gasteiger partial charge >= 0.3 is 5.97 Å². The molecule has 0 radical (unpaired) electrons. The Bertz CT molecular complexity index is 1690. The lowest BCUT2D eigenvalue weighted by molar-refractivity contribution is -0.145. The molecule has 1 fully saturated rings. The first-order valence-corrected chi connectivity index (χ1v) is 17.6. The van der Waals surface area contributed by atoms with E-state index in [1.807, 2.05) is 0 Å². The number of hydrogen-bond donors (Lipinski definition) is 0. The fourth-order valence-corrected chi connectivity index (χ4v) is 6.91. The van der Waals surface area contributed by atoms with Gasteiger partial charge in [0.2, 0.25) is 0 Å². The second-order valence-electron chi connectivity index (χ2n) is 12.6. The number of benzene rings is 3. The summed E-state index contributed by atoms with van der Waals surface area (Å²) in [5, 5.41) is 0. The van der Waals surface area contributed by atoms with Gasteiger partial charge in [0.25, 0.3) is 0 Å². The standard InChI is InChI=1S/C42H51N3O3/c1-8-44(9-2)32-20-16-30(17-21-32)41(38-25-22-33(28-40(38)47-7)45(10-3)11-4)37-26-27-39(36-15-13-12-14-35(36)37)43-31-18-23-34(24-19-31)48-42(46)29(5)6/h12-17,20-22,25-28,31,34H,5,8-11,18-19,23-24H2,1-4,6-7H3. The Hall–Kier alpha value is -4.58. The van der Waals surface area contributed by atoms with Crippen LogP contribution in [0.4, 0.5) is 11.4 Å². The number of carbonyl (C=O) groups is 1. The van der Waals surface area contributed by atoms with Crippen LogP contribution in [0, 0.1) is 0 Å². The molecular weight excluding hydrogens is 594 g/mol. The third-order valence-corrected chi connectivity index (χ3v) is 9.63. The maximum atomic E-state index is 12.1. The van der Waals surface area contributed by atoms with E-state index in [1.54, 1.807) is 14.0 Å². The molecule has 252 valence electrons. The van der Waals surface area contributed by atoms with Crippen LogP contribution in [0.5, 0.6) is 5.75 Å². The van der Waals surface area contributed by atoms with Crippen molar-refractivity contribution < 1.29 is 14.3 Å². The molecule has 5 rings (SSSR count). The maximum absolute atomic E-state index is 12.1. The summed E-state index contributed by atoms with van der Waals surface area (Å²) in [7, 11) is 1.76. The van der Waals surface area contributed by atoms with Crippen LogP contribution in [0.2, 0.25) is 0 Å². The molecule has 0 atom stereocenters. The lowest BCUT2D eigenvalue weighted by Gasteiger charge is -2.28. The Kier molecular flexibility index (Phi) is 11.6. The van der Waals surface area contributed by atoms with Crippen molar-refractivity contribution in [3.63, 3.8) is 0 Å². The lowest BCUT2D eigenvalue weighted by Crippen LogP contribution is -2.27. The summed E-state index contributed by atoms with van der Waals surface area (Å²) >= 11 is 0. The van der Waals surface area contributed by atoms with Crippen molar-refractivity contribution in [3.05, 3.63) is 113 Å². The van der Waals surface area contributed by atoms with Crippen LogP contribution in [-0.2, 0) is 9.53 Å². The van der Waals surface area contributed by atoms with Crippen LogP contribution >= 0.6 is 0 Å². The van der Waals surface area contributed by atoms with Crippen LogP contribution in [0.25, 0.3) is 11.1 Å². The molecule has 2 aliphatic rings. The molecule has 0 aliphatic heterocycles. The molecule has 48 heavy (non-hydrogen) atoms. The lowest BCUT2D eigenvalue weighted by atomic mass is 9.83. The summed E-state index contributed by atoms with van der Waals surface area (Å²) in [5.41, 5.74) is 10.6. The number of carbonyl (C=O) groups excluding carboxylic acids is 1. The third-order valence-electron chi connectivity index (χ3n) is 9.63. The van der Waals surface area contributed by atoms with Gasteiger partial charge in [-0.2, -0.15) is 0 Å². The van der Waals surface area contributed by atoms with Crippen molar-refractivity contribution in [2.45, 2.75) is 72.4 Å². The second-order valence-corrected chi connectivity index (χ2v) is 12.6. The highest BCUT2D eigenvalue weighted by Gasteiger charge is 2.26. The number of rotatable bonds is 12. The predicted octanol–water partition coefficient (Wildman–Crippen LogP) is 9.14. The van der Waals surface area contributed by atoms with Crippen molar-refractivity contribution in [1.82, 2.24) is 0 Å². The van der Waals surface area contributed by atoms with E-state index in [4.69, 9.17) is 14.5 Å². The van der Waals surface area contributed by atoms with Gasteiger partial charge < -0.3 is 19.3 Å². The largest absolute Gasteiger partial charge is 0.496 e. The van der Waals surface area contributed by atoms with E-state index in [9.17, 15) is 4.79 Å². The van der Waals surface area contributed by atoms with E-state index >= 15 is 0 Å². The Labute approximate surface area is 287 Å². The van der Waals surface area contributed by atoms with E-state index in [2.05, 4.69) is 123 Å². The average molecular weight is 646 g/mol. The van der Waals surface area contributed by atoms with Gasteiger partial charge in [-0.3, -0.25) is 4.99 Å². The number of methoxy groups -OCH3 is 1. The van der Waals surface area contributed by atoms with E-state index in [0.29, 0.717) is 5.57 Å². The van der Waals surface area contributed by atoms with E-state index in [-0.39, 0.29) is 18.1 Å². The summed E-state index contributed by atoms with van der Waals surface area (Å²) in [6, 6.07) is 24.3. The van der Waals surface area contributed by atoms with Crippen molar-refractivity contribution in [2.24, 2.45) is 4.99 Å². The van der Waals surface area contributed by atoms with Gasteiger partial charge in [-0.15, -0.1) is 0 Å². The van der Waals surface area contributed by atoms with Crippen molar-refractivity contribution in [3.8, 4) is 5.75 Å². The molecule has 0 amide bonds. The van der Waals surface area contributed by atoms with Crippen molar-refractivity contribution >= 4 is 34.2 Å². The van der Waals surface area contributed by atoms with Gasteiger partial charge in [0.15, 0.2) is 0 Å². The number of allylic oxidation sites excluding steroid dienone is 3. The third kappa shape index (κ3) is 7.59. The number of esters is 1. The first-order valence-electron chi connectivity index (χ1n) is 17.6. The van der Waals surface area contributed by atoms with Crippen molar-refractivity contribution in [2.75, 3.05) is 43.1 Å². The van der Waals surface area contributed by atoms with Crippen molar-refractivity contribution in [1.29, 1.82) is 0 Å². The van der Waals surface area contributed by atoms with Gasteiger partial charge in [-0.1, -0.05) is 49.1 Å². The zero-order chi connectivity index (χ0) is 34.2. The van der Waals surface area contributed by atoms with Gasteiger partial charge in [0.05, 0.1) is 18.9 Å². The predicted molar refractivity (Wildman–Crippen MR) is 202 cm³/mol. The molecule has 6 heteroatoms. The summed E-state index contributed by atoms with van der Waals surface area (Å²) in [6.45, 7) is 17.9. The molecule has 0 N–H and O–H groups in total. The van der Waals surface area contributed by atoms with Crippen LogP contribution in [-0.4, -0.2) is 57.1 Å². The van der Waals surface area contributed by atoms with Gasteiger partial charge in [-0.05, 0) is 107 Å². The molecule has 0 heterocycles. The highest BCUT2D eigenvalue weighted by atomic mass is 16.5. The summed E-state index contributed by atoms with van der Waals surface area (Å²) in [4.78, 5) is 22.0. The summed E-state index contributed by atoms with van der Waals surface area (Å²) in [6.07, 6.45) is 7.74. The minimum atomic E-state index is -0.300. The molecular formula is C42H51N3O3. The molecule has 3 aromatic carbocycles. The second kappa shape index (κ2) is 16.0. The zero-order valence-electron chi connectivity index (χ0n) is 29.6. The van der Waals surface area contributed by atoms with Crippen LogP contribution < -0.4 is 14.5 Å². The number of fused-ring (bicyclic) bond motifs is 1. The minimum absolute atomic E-state index is 0.0619. The topological polar surface area (TPSA) is 54.4 Å². The SMILES string of the molecule is C=C(C)C(=O)OC1CCC(N=C2C=CC(=C(c3ccc(N(CC)CC)cc3)c3ccc(N(CC)CC)cc3OC)c3ccccc32)CC1. The Morgan fingerprint density at radius 1 is 0.812 bits per heavy atom. The van der Waals surface area contributed by atoms with Crippen LogP contribution in [0.15, 0.2) is 96.0 Å². The zero-order valence-corrected chi connectivity index (χ0v) is 29.6. The highest BCUT2D eigenvalue weighted by molar-refractivity contribution is 6.19. The molecule has 0 aromatic heterocycles. The van der Waals surface area contributed by atoms with Crippen LogP contribution in [0.3, 0.4) is 0 Å². The molecule has 3 aromatic rings. The quantitative estimate of drug-likeness (QED) is 0.145. The summed E-state index contributed by atoms with van der Waals surface area (Å²) in [5.74, 6) is 0.551. The Morgan fingerprint density at radius 3 is 2.02 bits per heavy atom. The number of nitrogens with zero attached hydrogens (tertiary/aromatic N) is 3. The molecule has 0 bridgehead atoms. The fourth-order valence-electron chi connectivity index (χ4n) is 6.91. The monoisotopic (exact) mass is 645 g/mol. The van der Waals surface area contributed by atoms with E-state index < -0.39 is 0 Å². The average Bonchev–Trinajstić information content (AvgIpc) is 3.12. The maximum Gasteiger partial charge on any atom is 0.333 e. The highest BCUT2D eigenvalue weighted by Crippen LogP contribution is 2.42. The Balaban J connectivity index is 1.59. The number of anilines is 2. The first-order chi connectivity index (χ1) is 23.3. The van der Waals surface area contributed by atoms with Gasteiger partial charge in [0, 0.05) is 65.9 Å². The first kappa shape index (κ1) is 34.7. The fraction of sp³-hybridized carbons (Fsp3) is 0.381. The van der Waals surface area contributed by atoms with Gasteiger partial charge in [-0.25, -0.2) is 4.79 Å². The molecule has 6 nitrogen and oxygen atoms in total. The van der Waals surface area contributed by atoms with Crippen LogP contribution in [0.1, 0.15) is 82.6 Å². The molecule has 0 unspecified atom stereocenters. The number of aliphatic imine (C=N–C) groups is 1. The number of ether oxygens (including phenoxy) is 2. The smallest absolute Gasteiger partial charge is 0.333 e. The van der Waals surface area contributed by atoms with E-state index in [0.717, 1.165) is 102 Å². The van der Waals surface area contributed by atoms with Gasteiger partial charge in [0.1, 0.15) is 11.9 Å². The number of hydrogen-bond acceptors (Lipinski definition) is 6. The molecule has 0 saturated heterocycles. The van der Waals surface area contributed by atoms with E-state index in [1.165, 1.54) is 5.69 Å². The molecule has 1 saturated carbocycles. The summed E-state index contributed by atoms with van der Waals surface area (Å²) < 4.78 is 11.8. The minimum Gasteiger partial charge on any atom is -0.496 e. The molecule has 0 spiro atoms.